The number of aryl methyl sites for hydroxylation is 1. The summed E-state index contributed by atoms with van der Waals surface area (Å²) in [6.07, 6.45) is 5.64. The maximum atomic E-state index is 12.9. The van der Waals surface area contributed by atoms with E-state index in [1.165, 1.54) is 0 Å². The van der Waals surface area contributed by atoms with Crippen LogP contribution in [0.1, 0.15) is 24.2 Å². The molecule has 0 aliphatic carbocycles. The largest absolute Gasteiger partial charge is 0.376 e. The molecule has 3 heterocycles. The molecule has 2 amide bonds. The van der Waals surface area contributed by atoms with Crippen LogP contribution in [-0.2, 0) is 24.9 Å². The van der Waals surface area contributed by atoms with Crippen LogP contribution < -0.4 is 5.32 Å². The highest BCUT2D eigenvalue weighted by Gasteiger charge is 2.23. The highest BCUT2D eigenvalue weighted by atomic mass is 16.5. The highest BCUT2D eigenvalue weighted by Crippen LogP contribution is 2.16. The van der Waals surface area contributed by atoms with E-state index in [9.17, 15) is 4.79 Å². The van der Waals surface area contributed by atoms with Crippen LogP contribution >= 0.6 is 0 Å². The van der Waals surface area contributed by atoms with Gasteiger partial charge in [-0.05, 0) is 42.7 Å². The Balaban J connectivity index is 1.45. The first-order chi connectivity index (χ1) is 13.7. The maximum absolute atomic E-state index is 12.9. The Morgan fingerprint density at radius 2 is 2.11 bits per heavy atom. The van der Waals surface area contributed by atoms with Gasteiger partial charge < -0.3 is 19.5 Å². The van der Waals surface area contributed by atoms with Crippen molar-refractivity contribution in [3.8, 4) is 0 Å². The summed E-state index contributed by atoms with van der Waals surface area (Å²) < 4.78 is 7.76. The first kappa shape index (κ1) is 18.4. The number of ether oxygens (including phenoxy) is 1. The van der Waals surface area contributed by atoms with Crippen molar-refractivity contribution in [3.63, 3.8) is 0 Å². The lowest BCUT2D eigenvalue weighted by atomic mass is 10.2. The number of carbonyl (C=O) groups excluding carboxylic acids is 1. The van der Waals surface area contributed by atoms with Gasteiger partial charge in [-0.2, -0.15) is 0 Å². The van der Waals surface area contributed by atoms with E-state index in [1.54, 1.807) is 12.4 Å². The summed E-state index contributed by atoms with van der Waals surface area (Å²) in [5.41, 5.74) is 3.04. The van der Waals surface area contributed by atoms with Crippen LogP contribution in [-0.4, -0.2) is 44.7 Å². The first-order valence-electron chi connectivity index (χ1n) is 9.64. The van der Waals surface area contributed by atoms with Gasteiger partial charge in [0.05, 0.1) is 23.7 Å². The molecule has 3 aromatic rings. The molecule has 146 valence electrons. The van der Waals surface area contributed by atoms with E-state index in [0.717, 1.165) is 41.9 Å². The quantitative estimate of drug-likeness (QED) is 0.715. The number of benzene rings is 1. The van der Waals surface area contributed by atoms with Crippen LogP contribution in [0.4, 0.5) is 4.79 Å². The van der Waals surface area contributed by atoms with Gasteiger partial charge in [0.1, 0.15) is 5.82 Å². The van der Waals surface area contributed by atoms with Crippen molar-refractivity contribution in [1.82, 2.24) is 24.8 Å². The zero-order chi connectivity index (χ0) is 19.3. The second kappa shape index (κ2) is 8.39. The number of fused-ring (bicyclic) bond motifs is 1. The molecule has 7 nitrogen and oxygen atoms in total. The van der Waals surface area contributed by atoms with E-state index in [-0.39, 0.29) is 12.1 Å². The van der Waals surface area contributed by atoms with Gasteiger partial charge in [-0.3, -0.25) is 4.98 Å². The number of para-hydroxylation sites is 2. The monoisotopic (exact) mass is 379 g/mol. The zero-order valence-corrected chi connectivity index (χ0v) is 16.0. The second-order valence-corrected chi connectivity index (χ2v) is 7.11. The van der Waals surface area contributed by atoms with Gasteiger partial charge in [0.15, 0.2) is 0 Å². The molecule has 4 rings (SSSR count). The van der Waals surface area contributed by atoms with Gasteiger partial charge >= 0.3 is 6.03 Å². The van der Waals surface area contributed by atoms with Crippen molar-refractivity contribution in [1.29, 1.82) is 0 Å². The summed E-state index contributed by atoms with van der Waals surface area (Å²) in [7, 11) is 1.97. The van der Waals surface area contributed by atoms with Crippen LogP contribution in [0.25, 0.3) is 11.0 Å². The fourth-order valence-corrected chi connectivity index (χ4v) is 3.58. The van der Waals surface area contributed by atoms with Crippen molar-refractivity contribution in [3.05, 3.63) is 60.2 Å². The number of hydrogen-bond acceptors (Lipinski definition) is 4. The molecule has 0 spiro atoms. The van der Waals surface area contributed by atoms with Gasteiger partial charge in [0.2, 0.25) is 0 Å². The predicted octanol–water partition coefficient (Wildman–Crippen LogP) is 2.86. The number of aromatic nitrogens is 3. The molecular weight excluding hydrogens is 354 g/mol. The van der Waals surface area contributed by atoms with E-state index < -0.39 is 0 Å². The van der Waals surface area contributed by atoms with Gasteiger partial charge in [-0.25, -0.2) is 9.78 Å². The minimum absolute atomic E-state index is 0.100. The van der Waals surface area contributed by atoms with Crippen molar-refractivity contribution in [2.24, 2.45) is 7.05 Å². The summed E-state index contributed by atoms with van der Waals surface area (Å²) in [6, 6.07) is 11.7. The third-order valence-corrected chi connectivity index (χ3v) is 5.14. The number of nitrogens with one attached hydrogen (secondary N) is 1. The summed E-state index contributed by atoms with van der Waals surface area (Å²) in [4.78, 5) is 23.4. The number of amides is 2. The van der Waals surface area contributed by atoms with Crippen LogP contribution in [0, 0.1) is 0 Å². The molecule has 1 aliphatic rings. The molecule has 28 heavy (non-hydrogen) atoms. The Bertz CT molecular complexity index is 934. The van der Waals surface area contributed by atoms with Crippen LogP contribution in [0.3, 0.4) is 0 Å². The number of imidazole rings is 1. The average molecular weight is 379 g/mol. The van der Waals surface area contributed by atoms with E-state index in [0.29, 0.717) is 19.6 Å². The number of carbonyl (C=O) groups is 1. The van der Waals surface area contributed by atoms with Gasteiger partial charge in [0, 0.05) is 39.1 Å². The predicted molar refractivity (Wildman–Crippen MR) is 107 cm³/mol. The molecule has 1 aromatic carbocycles. The maximum Gasteiger partial charge on any atom is 0.318 e. The molecule has 1 fully saturated rings. The van der Waals surface area contributed by atoms with E-state index in [4.69, 9.17) is 4.74 Å². The standard InChI is InChI=1S/C21H25N5O2/c1-25-19-7-3-2-6-18(19)24-20(25)13-23-21(27)26(15-17-5-4-12-28-17)14-16-8-10-22-11-9-16/h2-3,6-11,17H,4-5,12-15H2,1H3,(H,23,27)/t17-/m0/s1. The average Bonchev–Trinajstić information content (AvgIpc) is 3.35. The summed E-state index contributed by atoms with van der Waals surface area (Å²) in [5.74, 6) is 0.829. The van der Waals surface area contributed by atoms with E-state index in [1.807, 2.05) is 52.9 Å². The number of urea groups is 1. The molecule has 1 N–H and O–H groups in total. The van der Waals surface area contributed by atoms with Gasteiger partial charge in [-0.15, -0.1) is 0 Å². The van der Waals surface area contributed by atoms with Gasteiger partial charge in [0.25, 0.3) is 0 Å². The molecule has 0 radical (unpaired) electrons. The fourth-order valence-electron chi connectivity index (χ4n) is 3.58. The summed E-state index contributed by atoms with van der Waals surface area (Å²) >= 11 is 0. The molecule has 2 aromatic heterocycles. The van der Waals surface area contributed by atoms with Crippen LogP contribution in [0.2, 0.25) is 0 Å². The summed E-state index contributed by atoms with van der Waals surface area (Å²) in [6.45, 7) is 2.26. The van der Waals surface area contributed by atoms with E-state index >= 15 is 0 Å². The smallest absolute Gasteiger partial charge is 0.318 e. The van der Waals surface area contributed by atoms with E-state index in [2.05, 4.69) is 15.3 Å². The number of hydrogen-bond donors (Lipinski definition) is 1. The number of nitrogens with zero attached hydrogens (tertiary/aromatic N) is 4. The Kier molecular flexibility index (Phi) is 5.53. The van der Waals surface area contributed by atoms with Crippen molar-refractivity contribution < 1.29 is 9.53 Å². The zero-order valence-electron chi connectivity index (χ0n) is 16.0. The third-order valence-electron chi connectivity index (χ3n) is 5.14. The lowest BCUT2D eigenvalue weighted by molar-refractivity contribution is 0.0793. The lowest BCUT2D eigenvalue weighted by Crippen LogP contribution is -2.43. The molecule has 0 bridgehead atoms. The van der Waals surface area contributed by atoms with Crippen molar-refractivity contribution >= 4 is 17.1 Å². The lowest BCUT2D eigenvalue weighted by Gasteiger charge is -2.25. The topological polar surface area (TPSA) is 72.3 Å². The molecule has 0 unspecified atom stereocenters. The third kappa shape index (κ3) is 4.14. The minimum Gasteiger partial charge on any atom is -0.376 e. The SMILES string of the molecule is Cn1c(CNC(=O)N(Cc2ccncc2)C[C@@H]2CCCO2)nc2ccccc21. The Morgan fingerprint density at radius 1 is 1.29 bits per heavy atom. The summed E-state index contributed by atoms with van der Waals surface area (Å²) in [5, 5.41) is 3.03. The normalized spacial score (nSPS) is 16.4. The first-order valence-corrected chi connectivity index (χ1v) is 9.64. The second-order valence-electron chi connectivity index (χ2n) is 7.11. The number of rotatable bonds is 6. The van der Waals surface area contributed by atoms with Crippen molar-refractivity contribution in [2.75, 3.05) is 13.2 Å². The molecule has 1 saturated heterocycles. The molecule has 1 atom stereocenters. The highest BCUT2D eigenvalue weighted by molar-refractivity contribution is 5.76. The Hall–Kier alpha value is -2.93. The number of pyridine rings is 1. The molecule has 0 saturated carbocycles. The van der Waals surface area contributed by atoms with Gasteiger partial charge in [-0.1, -0.05) is 12.1 Å². The Morgan fingerprint density at radius 3 is 2.86 bits per heavy atom. The van der Waals surface area contributed by atoms with Crippen LogP contribution in [0.5, 0.6) is 0 Å². The van der Waals surface area contributed by atoms with Crippen LogP contribution in [0.15, 0.2) is 48.8 Å². The van der Waals surface area contributed by atoms with Crippen molar-refractivity contribution in [2.45, 2.75) is 32.0 Å². The minimum atomic E-state index is -0.112. The molecule has 1 aliphatic heterocycles. The Labute approximate surface area is 164 Å². The fraction of sp³-hybridized carbons (Fsp3) is 0.381. The molecule has 7 heteroatoms. The molecular formula is C21H25N5O2.